The first kappa shape index (κ1) is 15.5. The molecular formula is C16H21FN2O2. The van der Waals surface area contributed by atoms with Crippen LogP contribution in [0.1, 0.15) is 32.8 Å². The minimum atomic E-state index is -0.562. The molecule has 0 aliphatic carbocycles. The highest BCUT2D eigenvalue weighted by Crippen LogP contribution is 2.25. The highest BCUT2D eigenvalue weighted by atomic mass is 19.1. The van der Waals surface area contributed by atoms with Crippen LogP contribution in [0.5, 0.6) is 0 Å². The minimum Gasteiger partial charge on any atom is -0.443 e. The maximum Gasteiger partial charge on any atom is 0.414 e. The van der Waals surface area contributed by atoms with E-state index >= 15 is 0 Å². The number of hydrogen-bond acceptors (Lipinski definition) is 3. The zero-order valence-electron chi connectivity index (χ0n) is 12.6. The molecule has 0 radical (unpaired) electrons. The van der Waals surface area contributed by atoms with Crippen LogP contribution in [0.3, 0.4) is 0 Å². The Morgan fingerprint density at radius 3 is 2.81 bits per heavy atom. The standard InChI is InChI=1S/C16H21FN2O2/c1-16(2,3)21-15(20)19-8-7-13(18)14(19)10-11-5-4-6-12(17)9-11/h4-6,9-10,13H,7-8,18H2,1-3H3/b14-10-/t13-/m1/s1. The van der Waals surface area contributed by atoms with Gasteiger partial charge in [0.1, 0.15) is 11.4 Å². The van der Waals surface area contributed by atoms with E-state index in [0.29, 0.717) is 24.2 Å². The molecule has 0 aromatic heterocycles. The molecule has 0 spiro atoms. The van der Waals surface area contributed by atoms with Crippen molar-refractivity contribution in [2.24, 2.45) is 5.73 Å². The van der Waals surface area contributed by atoms with Gasteiger partial charge < -0.3 is 10.5 Å². The Hall–Kier alpha value is -1.88. The number of ether oxygens (including phenoxy) is 1. The van der Waals surface area contributed by atoms with Crippen LogP contribution < -0.4 is 5.73 Å². The molecule has 1 aliphatic rings. The smallest absolute Gasteiger partial charge is 0.414 e. The number of likely N-dealkylation sites (tertiary alicyclic amines) is 1. The summed E-state index contributed by atoms with van der Waals surface area (Å²) >= 11 is 0. The molecule has 1 fully saturated rings. The molecule has 114 valence electrons. The summed E-state index contributed by atoms with van der Waals surface area (Å²) in [6.45, 7) is 5.96. The van der Waals surface area contributed by atoms with E-state index in [2.05, 4.69) is 0 Å². The lowest BCUT2D eigenvalue weighted by Gasteiger charge is -2.25. The van der Waals surface area contributed by atoms with Gasteiger partial charge in [0.2, 0.25) is 0 Å². The predicted molar refractivity (Wildman–Crippen MR) is 79.9 cm³/mol. The van der Waals surface area contributed by atoms with Gasteiger partial charge >= 0.3 is 6.09 Å². The molecule has 1 atom stereocenters. The lowest BCUT2D eigenvalue weighted by atomic mass is 10.1. The van der Waals surface area contributed by atoms with Crippen LogP contribution in [0.25, 0.3) is 6.08 Å². The summed E-state index contributed by atoms with van der Waals surface area (Å²) in [5.74, 6) is -0.320. The summed E-state index contributed by atoms with van der Waals surface area (Å²) in [5, 5.41) is 0. The van der Waals surface area contributed by atoms with E-state index in [-0.39, 0.29) is 11.9 Å². The summed E-state index contributed by atoms with van der Waals surface area (Å²) in [6.07, 6.45) is 1.99. The van der Waals surface area contributed by atoms with Crippen LogP contribution in [0.4, 0.5) is 9.18 Å². The first-order chi connectivity index (χ1) is 9.76. The predicted octanol–water partition coefficient (Wildman–Crippen LogP) is 3.13. The molecule has 4 nitrogen and oxygen atoms in total. The molecule has 5 heteroatoms. The highest BCUT2D eigenvalue weighted by molar-refractivity contribution is 5.74. The molecule has 1 amide bonds. The molecule has 0 saturated carbocycles. The van der Waals surface area contributed by atoms with E-state index in [9.17, 15) is 9.18 Å². The van der Waals surface area contributed by atoms with Gasteiger partial charge in [-0.1, -0.05) is 12.1 Å². The van der Waals surface area contributed by atoms with Crippen molar-refractivity contribution < 1.29 is 13.9 Å². The zero-order chi connectivity index (χ0) is 15.6. The van der Waals surface area contributed by atoms with Crippen molar-refractivity contribution in [1.29, 1.82) is 0 Å². The average Bonchev–Trinajstić information content (AvgIpc) is 2.69. The van der Waals surface area contributed by atoms with Gasteiger partial charge in [-0.25, -0.2) is 9.18 Å². The Labute approximate surface area is 124 Å². The number of carbonyl (C=O) groups excluding carboxylic acids is 1. The van der Waals surface area contributed by atoms with E-state index in [4.69, 9.17) is 10.5 Å². The number of hydrogen-bond donors (Lipinski definition) is 1. The SMILES string of the molecule is CC(C)(C)OC(=O)N1CC[C@@H](N)/C1=C/c1cccc(F)c1. The topological polar surface area (TPSA) is 55.6 Å². The number of nitrogens with two attached hydrogens (primary N) is 1. The Kier molecular flexibility index (Phi) is 4.32. The van der Waals surface area contributed by atoms with Gasteiger partial charge in [-0.3, -0.25) is 4.90 Å². The highest BCUT2D eigenvalue weighted by Gasteiger charge is 2.32. The third kappa shape index (κ3) is 4.04. The van der Waals surface area contributed by atoms with Crippen LogP contribution in [-0.4, -0.2) is 29.2 Å². The van der Waals surface area contributed by atoms with E-state index in [1.54, 1.807) is 18.2 Å². The van der Waals surface area contributed by atoms with E-state index in [1.165, 1.54) is 17.0 Å². The van der Waals surface area contributed by atoms with E-state index in [1.807, 2.05) is 20.8 Å². The van der Waals surface area contributed by atoms with Gasteiger partial charge in [0.05, 0.1) is 0 Å². The largest absolute Gasteiger partial charge is 0.443 e. The third-order valence-electron chi connectivity index (χ3n) is 3.13. The maximum atomic E-state index is 13.3. The quantitative estimate of drug-likeness (QED) is 0.865. The van der Waals surface area contributed by atoms with Crippen LogP contribution in [0.15, 0.2) is 30.0 Å². The molecule has 1 saturated heterocycles. The van der Waals surface area contributed by atoms with Gasteiger partial charge in [-0.15, -0.1) is 0 Å². The van der Waals surface area contributed by atoms with Crippen LogP contribution in [-0.2, 0) is 4.74 Å². The monoisotopic (exact) mass is 292 g/mol. The molecule has 1 aromatic rings. The second kappa shape index (κ2) is 5.85. The molecule has 0 bridgehead atoms. The number of halogens is 1. The van der Waals surface area contributed by atoms with Crippen molar-refractivity contribution in [3.63, 3.8) is 0 Å². The Morgan fingerprint density at radius 1 is 1.48 bits per heavy atom. The summed E-state index contributed by atoms with van der Waals surface area (Å²) in [6, 6.07) is 5.93. The number of rotatable bonds is 1. The Morgan fingerprint density at radius 2 is 2.19 bits per heavy atom. The van der Waals surface area contributed by atoms with Crippen molar-refractivity contribution in [2.75, 3.05) is 6.54 Å². The number of benzene rings is 1. The van der Waals surface area contributed by atoms with E-state index in [0.717, 1.165) is 0 Å². The summed E-state index contributed by atoms with van der Waals surface area (Å²) in [5.41, 5.74) is 6.82. The molecule has 0 unspecified atom stereocenters. The fourth-order valence-electron chi connectivity index (χ4n) is 2.21. The Bertz CT molecular complexity index is 564. The number of nitrogens with zero attached hydrogens (tertiary/aromatic N) is 1. The first-order valence-corrected chi connectivity index (χ1v) is 6.99. The maximum absolute atomic E-state index is 13.3. The van der Waals surface area contributed by atoms with Crippen LogP contribution in [0, 0.1) is 5.82 Å². The second-order valence-corrected chi connectivity index (χ2v) is 6.15. The fraction of sp³-hybridized carbons (Fsp3) is 0.438. The minimum absolute atomic E-state index is 0.249. The van der Waals surface area contributed by atoms with Gasteiger partial charge in [0.25, 0.3) is 0 Å². The average molecular weight is 292 g/mol. The Balaban J connectivity index is 2.25. The number of carbonyl (C=O) groups is 1. The summed E-state index contributed by atoms with van der Waals surface area (Å²) in [4.78, 5) is 13.7. The van der Waals surface area contributed by atoms with Gasteiger partial charge in [0.15, 0.2) is 0 Å². The molecule has 1 aromatic carbocycles. The number of amides is 1. The lowest BCUT2D eigenvalue weighted by Crippen LogP contribution is -2.35. The molecule has 2 rings (SSSR count). The van der Waals surface area contributed by atoms with Crippen molar-refractivity contribution in [1.82, 2.24) is 4.90 Å². The second-order valence-electron chi connectivity index (χ2n) is 6.15. The molecule has 21 heavy (non-hydrogen) atoms. The van der Waals surface area contributed by atoms with Gasteiger partial charge in [-0.2, -0.15) is 0 Å². The van der Waals surface area contributed by atoms with Crippen molar-refractivity contribution in [3.8, 4) is 0 Å². The zero-order valence-corrected chi connectivity index (χ0v) is 12.6. The van der Waals surface area contributed by atoms with Crippen LogP contribution in [0.2, 0.25) is 0 Å². The molecule has 2 N–H and O–H groups in total. The first-order valence-electron chi connectivity index (χ1n) is 6.99. The fourth-order valence-corrected chi connectivity index (χ4v) is 2.21. The molecular weight excluding hydrogens is 271 g/mol. The molecule has 1 aliphatic heterocycles. The summed E-state index contributed by atoms with van der Waals surface area (Å²) in [7, 11) is 0. The summed E-state index contributed by atoms with van der Waals surface area (Å²) < 4.78 is 18.6. The third-order valence-corrected chi connectivity index (χ3v) is 3.13. The van der Waals surface area contributed by atoms with Crippen molar-refractivity contribution >= 4 is 12.2 Å². The van der Waals surface area contributed by atoms with Crippen LogP contribution >= 0.6 is 0 Å². The van der Waals surface area contributed by atoms with Crippen molar-refractivity contribution in [3.05, 3.63) is 41.3 Å². The van der Waals surface area contributed by atoms with Gasteiger partial charge in [-0.05, 0) is 51.0 Å². The van der Waals surface area contributed by atoms with Crippen molar-refractivity contribution in [2.45, 2.75) is 38.8 Å². The molecule has 1 heterocycles. The van der Waals surface area contributed by atoms with E-state index < -0.39 is 11.7 Å². The van der Waals surface area contributed by atoms with Gasteiger partial charge in [0, 0.05) is 18.3 Å². The lowest BCUT2D eigenvalue weighted by molar-refractivity contribution is 0.0339. The normalized spacial score (nSPS) is 20.9.